The molecule has 0 bridgehead atoms. The molecule has 0 saturated carbocycles. The van der Waals surface area contributed by atoms with Gasteiger partial charge in [0.2, 0.25) is 5.91 Å². The average molecular weight is 415 g/mol. The van der Waals surface area contributed by atoms with E-state index in [1.165, 1.54) is 25.3 Å². The van der Waals surface area contributed by atoms with E-state index in [9.17, 15) is 9.59 Å². The van der Waals surface area contributed by atoms with Crippen LogP contribution in [0, 0.1) is 0 Å². The Hall–Kier alpha value is -3.80. The van der Waals surface area contributed by atoms with Gasteiger partial charge in [-0.1, -0.05) is 25.5 Å². The summed E-state index contributed by atoms with van der Waals surface area (Å²) >= 11 is 0. The number of benzene rings is 3. The Kier molecular flexibility index (Phi) is 7.65. The Morgan fingerprint density at radius 1 is 0.742 bits per heavy atom. The van der Waals surface area contributed by atoms with Crippen molar-refractivity contribution in [3.05, 3.63) is 83.9 Å². The zero-order valence-corrected chi connectivity index (χ0v) is 17.8. The van der Waals surface area contributed by atoms with Gasteiger partial charge in [-0.15, -0.1) is 0 Å². The number of hydrogen-bond acceptors (Lipinski definition) is 4. The highest BCUT2D eigenvalue weighted by molar-refractivity contribution is 6.04. The average Bonchev–Trinajstić information content (AvgIpc) is 2.78. The second-order valence-electron chi connectivity index (χ2n) is 7.23. The van der Waals surface area contributed by atoms with E-state index in [4.69, 9.17) is 0 Å². The number of carbonyl (C=O) groups excluding carboxylic acids is 2. The van der Waals surface area contributed by atoms with Crippen LogP contribution in [0.25, 0.3) is 0 Å². The molecule has 0 aliphatic carbocycles. The van der Waals surface area contributed by atoms with Crippen LogP contribution >= 0.6 is 0 Å². The number of carbonyl (C=O) groups is 2. The number of unbranched alkanes of at least 4 members (excludes halogenated alkanes) is 1. The van der Waals surface area contributed by atoms with Crippen LogP contribution in [0.1, 0.15) is 42.6 Å². The summed E-state index contributed by atoms with van der Waals surface area (Å²) in [7, 11) is 0. The Labute approximate surface area is 182 Å². The molecule has 6 heteroatoms. The molecule has 3 aromatic rings. The summed E-state index contributed by atoms with van der Waals surface area (Å²) in [5.41, 5.74) is 4.63. The maximum absolute atomic E-state index is 12.4. The van der Waals surface area contributed by atoms with E-state index in [1.807, 2.05) is 12.1 Å². The summed E-state index contributed by atoms with van der Waals surface area (Å²) in [5.74, 6) is -0.384. The molecule has 0 radical (unpaired) electrons. The van der Waals surface area contributed by atoms with Crippen molar-refractivity contribution in [3.63, 3.8) is 0 Å². The summed E-state index contributed by atoms with van der Waals surface area (Å²) in [4.78, 5) is 23.5. The fourth-order valence-electron chi connectivity index (χ4n) is 2.95. The smallest absolute Gasteiger partial charge is 0.255 e. The van der Waals surface area contributed by atoms with Gasteiger partial charge in [0.05, 0.1) is 11.4 Å². The molecule has 31 heavy (non-hydrogen) atoms. The molecule has 158 valence electrons. The van der Waals surface area contributed by atoms with Gasteiger partial charge < -0.3 is 10.6 Å². The Morgan fingerprint density at radius 2 is 1.26 bits per heavy atom. The summed E-state index contributed by atoms with van der Waals surface area (Å²) < 4.78 is 0. The van der Waals surface area contributed by atoms with Crippen LogP contribution in [0.15, 0.2) is 83.0 Å². The van der Waals surface area contributed by atoms with Crippen molar-refractivity contribution in [2.45, 2.75) is 33.1 Å². The van der Waals surface area contributed by atoms with Crippen molar-refractivity contribution in [2.75, 3.05) is 10.6 Å². The molecule has 0 fully saturated rings. The van der Waals surface area contributed by atoms with Gasteiger partial charge in [-0.2, -0.15) is 10.2 Å². The topological polar surface area (TPSA) is 82.9 Å². The number of nitrogens with one attached hydrogen (secondary N) is 2. The number of amides is 2. The lowest BCUT2D eigenvalue weighted by molar-refractivity contribution is -0.114. The van der Waals surface area contributed by atoms with E-state index in [0.29, 0.717) is 22.6 Å². The van der Waals surface area contributed by atoms with Gasteiger partial charge in [0, 0.05) is 23.9 Å². The molecular formula is C25H26N4O2. The summed E-state index contributed by atoms with van der Waals surface area (Å²) in [6.45, 7) is 3.62. The lowest BCUT2D eigenvalue weighted by Crippen LogP contribution is -2.12. The zero-order chi connectivity index (χ0) is 22.1. The van der Waals surface area contributed by atoms with Crippen LogP contribution in [0.2, 0.25) is 0 Å². The highest BCUT2D eigenvalue weighted by Crippen LogP contribution is 2.21. The number of anilines is 2. The van der Waals surface area contributed by atoms with Crippen LogP contribution in [0.5, 0.6) is 0 Å². The highest BCUT2D eigenvalue weighted by Gasteiger charge is 2.06. The standard InChI is InChI=1S/C25H26N4O2/c1-3-4-5-19-6-10-23(11-7-19)28-29-24-16-14-22(15-17-24)27-25(31)20-8-12-21(13-9-20)26-18(2)30/h6-17H,3-5H2,1-2H3,(H,26,30)(H,27,31). The minimum atomic E-state index is -0.230. The molecule has 0 aliphatic heterocycles. The molecule has 0 heterocycles. The van der Waals surface area contributed by atoms with Crippen molar-refractivity contribution in [1.82, 2.24) is 0 Å². The monoisotopic (exact) mass is 414 g/mol. The van der Waals surface area contributed by atoms with E-state index in [0.717, 1.165) is 12.1 Å². The molecule has 0 aliphatic rings. The normalized spacial score (nSPS) is 10.8. The van der Waals surface area contributed by atoms with Gasteiger partial charge in [0.15, 0.2) is 0 Å². The first-order valence-corrected chi connectivity index (χ1v) is 10.3. The first-order chi connectivity index (χ1) is 15.0. The van der Waals surface area contributed by atoms with Gasteiger partial charge in [-0.05, 0) is 79.1 Å². The van der Waals surface area contributed by atoms with Crippen molar-refractivity contribution >= 4 is 34.6 Å². The van der Waals surface area contributed by atoms with Crippen LogP contribution in [0.3, 0.4) is 0 Å². The van der Waals surface area contributed by atoms with E-state index in [1.54, 1.807) is 48.5 Å². The van der Waals surface area contributed by atoms with Crippen LogP contribution in [-0.4, -0.2) is 11.8 Å². The van der Waals surface area contributed by atoms with Crippen molar-refractivity contribution in [3.8, 4) is 0 Å². The predicted molar refractivity (Wildman–Crippen MR) is 124 cm³/mol. The lowest BCUT2D eigenvalue weighted by atomic mass is 10.1. The highest BCUT2D eigenvalue weighted by atomic mass is 16.2. The van der Waals surface area contributed by atoms with Crippen molar-refractivity contribution in [1.29, 1.82) is 0 Å². The molecule has 6 nitrogen and oxygen atoms in total. The number of aryl methyl sites for hydroxylation is 1. The van der Waals surface area contributed by atoms with Crippen LogP contribution in [0.4, 0.5) is 22.7 Å². The van der Waals surface area contributed by atoms with Gasteiger partial charge in [0.25, 0.3) is 5.91 Å². The van der Waals surface area contributed by atoms with E-state index in [2.05, 4.69) is 39.9 Å². The third kappa shape index (κ3) is 6.89. The Balaban J connectivity index is 1.56. The predicted octanol–water partition coefficient (Wildman–Crippen LogP) is 6.66. The first-order valence-electron chi connectivity index (χ1n) is 10.3. The van der Waals surface area contributed by atoms with Crippen molar-refractivity contribution < 1.29 is 9.59 Å². The molecule has 0 spiro atoms. The fourth-order valence-corrected chi connectivity index (χ4v) is 2.95. The minimum absolute atomic E-state index is 0.154. The summed E-state index contributed by atoms with van der Waals surface area (Å²) in [6.07, 6.45) is 3.45. The van der Waals surface area contributed by atoms with Gasteiger partial charge in [-0.25, -0.2) is 0 Å². The van der Waals surface area contributed by atoms with Gasteiger partial charge in [0.1, 0.15) is 0 Å². The minimum Gasteiger partial charge on any atom is -0.326 e. The third-order valence-corrected chi connectivity index (χ3v) is 4.63. The van der Waals surface area contributed by atoms with Crippen molar-refractivity contribution in [2.24, 2.45) is 10.2 Å². The lowest BCUT2D eigenvalue weighted by Gasteiger charge is -2.07. The fraction of sp³-hybridized carbons (Fsp3) is 0.200. The zero-order valence-electron chi connectivity index (χ0n) is 17.8. The number of azo groups is 1. The molecule has 2 N–H and O–H groups in total. The number of hydrogen-bond donors (Lipinski definition) is 2. The van der Waals surface area contributed by atoms with Crippen LogP contribution in [-0.2, 0) is 11.2 Å². The second-order valence-corrected chi connectivity index (χ2v) is 7.23. The molecule has 0 unspecified atom stereocenters. The second kappa shape index (κ2) is 10.8. The van der Waals surface area contributed by atoms with Gasteiger partial charge >= 0.3 is 0 Å². The van der Waals surface area contributed by atoms with E-state index >= 15 is 0 Å². The third-order valence-electron chi connectivity index (χ3n) is 4.63. The van der Waals surface area contributed by atoms with Gasteiger partial charge in [-0.3, -0.25) is 9.59 Å². The summed E-state index contributed by atoms with van der Waals surface area (Å²) in [6, 6.07) is 22.0. The Morgan fingerprint density at radius 3 is 1.81 bits per heavy atom. The maximum atomic E-state index is 12.4. The molecular weight excluding hydrogens is 388 g/mol. The molecule has 2 amide bonds. The quantitative estimate of drug-likeness (QED) is 0.404. The largest absolute Gasteiger partial charge is 0.326 e. The summed E-state index contributed by atoms with van der Waals surface area (Å²) in [5, 5.41) is 14.0. The molecule has 0 atom stereocenters. The van der Waals surface area contributed by atoms with E-state index in [-0.39, 0.29) is 11.8 Å². The van der Waals surface area contributed by atoms with E-state index < -0.39 is 0 Å². The molecule has 3 rings (SSSR count). The first kappa shape index (κ1) is 21.9. The Bertz CT molecular complexity index is 1040. The maximum Gasteiger partial charge on any atom is 0.255 e. The molecule has 0 saturated heterocycles. The number of nitrogens with zero attached hydrogens (tertiary/aromatic N) is 2. The molecule has 0 aromatic heterocycles. The number of rotatable bonds is 8. The van der Waals surface area contributed by atoms with Crippen LogP contribution < -0.4 is 10.6 Å². The SMILES string of the molecule is CCCCc1ccc(N=Nc2ccc(NC(=O)c3ccc(NC(C)=O)cc3)cc2)cc1. The molecule has 3 aromatic carbocycles.